The van der Waals surface area contributed by atoms with E-state index in [0.29, 0.717) is 13.1 Å². The van der Waals surface area contributed by atoms with Crippen molar-refractivity contribution >= 4 is 5.91 Å². The Balaban J connectivity index is 2.18. The number of hydrogen-bond acceptors (Lipinski definition) is 5. The van der Waals surface area contributed by atoms with Gasteiger partial charge in [0.15, 0.2) is 0 Å². The molecule has 13 heavy (non-hydrogen) atoms. The summed E-state index contributed by atoms with van der Waals surface area (Å²) >= 11 is 0. The average molecular weight is 184 g/mol. The number of carbonyl (C=O) groups is 1. The molecule has 0 aliphatic heterocycles. The van der Waals surface area contributed by atoms with E-state index in [1.54, 1.807) is 6.07 Å². The molecular formula is C7H12N4O2. The molecule has 6 nitrogen and oxygen atoms in total. The summed E-state index contributed by atoms with van der Waals surface area (Å²) in [5, 5.41) is 6.58. The van der Waals surface area contributed by atoms with E-state index in [4.69, 9.17) is 11.5 Å². The lowest BCUT2D eigenvalue weighted by molar-refractivity contribution is -0.119. The highest BCUT2D eigenvalue weighted by Gasteiger charge is 2.07. The van der Waals surface area contributed by atoms with Crippen LogP contribution in [0, 0.1) is 0 Å². The second-order valence-electron chi connectivity index (χ2n) is 2.63. The molecule has 0 aromatic carbocycles. The lowest BCUT2D eigenvalue weighted by Gasteiger charge is -2.06. The summed E-state index contributed by atoms with van der Waals surface area (Å²) in [7, 11) is 0. The molecule has 1 heterocycles. The van der Waals surface area contributed by atoms with Crippen molar-refractivity contribution < 1.29 is 9.32 Å². The van der Waals surface area contributed by atoms with Crippen molar-refractivity contribution in [2.24, 2.45) is 11.5 Å². The molecule has 5 N–H and O–H groups in total. The zero-order chi connectivity index (χ0) is 9.68. The quantitative estimate of drug-likeness (QED) is 0.520. The number of aromatic nitrogens is 1. The largest absolute Gasteiger partial charge is 0.368 e. The van der Waals surface area contributed by atoms with Gasteiger partial charge in [0.25, 0.3) is 0 Å². The maximum Gasteiger partial charge on any atom is 0.235 e. The monoisotopic (exact) mass is 184 g/mol. The number of hydrogen-bond donors (Lipinski definition) is 3. The van der Waals surface area contributed by atoms with Crippen LogP contribution in [0.1, 0.15) is 5.69 Å². The van der Waals surface area contributed by atoms with Crippen molar-refractivity contribution in [3.63, 3.8) is 0 Å². The third kappa shape index (κ3) is 3.22. The Kier molecular flexibility index (Phi) is 3.41. The number of nitrogens with one attached hydrogen (secondary N) is 1. The summed E-state index contributed by atoms with van der Waals surface area (Å²) in [5.41, 5.74) is 11.1. The van der Waals surface area contributed by atoms with Crippen LogP contribution in [0.4, 0.5) is 0 Å². The minimum atomic E-state index is -0.660. The summed E-state index contributed by atoms with van der Waals surface area (Å²) in [6.45, 7) is 0.847. The van der Waals surface area contributed by atoms with Gasteiger partial charge in [-0.2, -0.15) is 0 Å². The van der Waals surface area contributed by atoms with Gasteiger partial charge in [0.05, 0.1) is 11.7 Å². The normalized spacial score (nSPS) is 12.7. The second-order valence-corrected chi connectivity index (χ2v) is 2.63. The minimum Gasteiger partial charge on any atom is -0.368 e. The van der Waals surface area contributed by atoms with Crippen molar-refractivity contribution in [2.75, 3.05) is 6.54 Å². The Labute approximate surface area is 75.2 Å². The number of rotatable bonds is 5. The van der Waals surface area contributed by atoms with Crippen LogP contribution in [0.25, 0.3) is 0 Å². The van der Waals surface area contributed by atoms with Crippen LogP contribution in [-0.2, 0) is 11.3 Å². The molecule has 1 aromatic heterocycles. The van der Waals surface area contributed by atoms with E-state index in [9.17, 15) is 4.79 Å². The Morgan fingerprint density at radius 2 is 2.54 bits per heavy atom. The highest BCUT2D eigenvalue weighted by molar-refractivity contribution is 5.79. The molecule has 0 bridgehead atoms. The SMILES string of the molecule is NC(=O)C(N)CNCc1ccon1. The van der Waals surface area contributed by atoms with Crippen molar-refractivity contribution in [1.82, 2.24) is 10.5 Å². The van der Waals surface area contributed by atoms with Crippen LogP contribution in [-0.4, -0.2) is 23.7 Å². The summed E-state index contributed by atoms with van der Waals surface area (Å²) < 4.78 is 4.61. The van der Waals surface area contributed by atoms with Crippen LogP contribution in [0.3, 0.4) is 0 Å². The van der Waals surface area contributed by atoms with Gasteiger partial charge in [-0.05, 0) is 0 Å². The molecule has 1 rings (SSSR count). The zero-order valence-corrected chi connectivity index (χ0v) is 7.06. The van der Waals surface area contributed by atoms with Gasteiger partial charge in [0.2, 0.25) is 5.91 Å². The molecule has 6 heteroatoms. The fraction of sp³-hybridized carbons (Fsp3) is 0.429. The van der Waals surface area contributed by atoms with Crippen molar-refractivity contribution in [1.29, 1.82) is 0 Å². The molecule has 0 saturated heterocycles. The second kappa shape index (κ2) is 4.58. The number of nitrogens with zero attached hydrogens (tertiary/aromatic N) is 1. The first kappa shape index (κ1) is 9.69. The predicted molar refractivity (Wildman–Crippen MR) is 45.4 cm³/mol. The molecule has 0 aliphatic carbocycles. The van der Waals surface area contributed by atoms with Gasteiger partial charge in [-0.25, -0.2) is 0 Å². The molecule has 1 atom stereocenters. The lowest BCUT2D eigenvalue weighted by Crippen LogP contribution is -2.44. The van der Waals surface area contributed by atoms with Crippen LogP contribution in [0.2, 0.25) is 0 Å². The predicted octanol–water partition coefficient (Wildman–Crippen LogP) is -1.42. The third-order valence-electron chi connectivity index (χ3n) is 1.53. The van der Waals surface area contributed by atoms with E-state index < -0.39 is 11.9 Å². The van der Waals surface area contributed by atoms with Gasteiger partial charge in [-0.1, -0.05) is 5.16 Å². The van der Waals surface area contributed by atoms with E-state index in [-0.39, 0.29) is 0 Å². The number of nitrogens with two attached hydrogens (primary N) is 2. The van der Waals surface area contributed by atoms with Gasteiger partial charge >= 0.3 is 0 Å². The molecule has 1 aromatic rings. The van der Waals surface area contributed by atoms with Crippen molar-refractivity contribution in [3.8, 4) is 0 Å². The van der Waals surface area contributed by atoms with Gasteiger partial charge in [0, 0.05) is 19.2 Å². The fourth-order valence-corrected chi connectivity index (χ4v) is 0.785. The zero-order valence-electron chi connectivity index (χ0n) is 7.06. The van der Waals surface area contributed by atoms with E-state index in [0.717, 1.165) is 5.69 Å². The van der Waals surface area contributed by atoms with E-state index in [1.165, 1.54) is 6.26 Å². The first-order valence-electron chi connectivity index (χ1n) is 3.85. The van der Waals surface area contributed by atoms with Crippen LogP contribution in [0.15, 0.2) is 16.9 Å². The lowest BCUT2D eigenvalue weighted by atomic mass is 10.3. The highest BCUT2D eigenvalue weighted by Crippen LogP contribution is 1.92. The molecule has 0 saturated carbocycles. The van der Waals surface area contributed by atoms with Crippen LogP contribution in [0.5, 0.6) is 0 Å². The molecule has 0 aliphatic rings. The Hall–Kier alpha value is -1.40. The first-order valence-corrected chi connectivity index (χ1v) is 3.85. The summed E-state index contributed by atoms with van der Waals surface area (Å²) in [5.74, 6) is -0.521. The van der Waals surface area contributed by atoms with Crippen LogP contribution >= 0.6 is 0 Å². The topological polar surface area (TPSA) is 107 Å². The van der Waals surface area contributed by atoms with Gasteiger partial charge < -0.3 is 21.3 Å². The fourth-order valence-electron chi connectivity index (χ4n) is 0.785. The Morgan fingerprint density at radius 3 is 3.08 bits per heavy atom. The molecule has 1 amide bonds. The minimum absolute atomic E-state index is 0.336. The third-order valence-corrected chi connectivity index (χ3v) is 1.53. The Morgan fingerprint density at radius 1 is 1.77 bits per heavy atom. The molecule has 72 valence electrons. The van der Waals surface area contributed by atoms with Crippen molar-refractivity contribution in [3.05, 3.63) is 18.0 Å². The number of carbonyl (C=O) groups excluding carboxylic acids is 1. The summed E-state index contributed by atoms with van der Waals surface area (Å²) in [6, 6.07) is 1.06. The van der Waals surface area contributed by atoms with Crippen molar-refractivity contribution in [2.45, 2.75) is 12.6 Å². The standard InChI is InChI=1S/C7H12N4O2/c8-6(7(9)12)4-10-3-5-1-2-13-11-5/h1-2,6,10H,3-4,8H2,(H2,9,12). The maximum absolute atomic E-state index is 10.5. The molecule has 0 spiro atoms. The molecule has 0 fully saturated rings. The smallest absolute Gasteiger partial charge is 0.235 e. The first-order chi connectivity index (χ1) is 6.20. The van der Waals surface area contributed by atoms with Gasteiger partial charge in [-0.3, -0.25) is 4.79 Å². The highest BCUT2D eigenvalue weighted by atomic mass is 16.5. The van der Waals surface area contributed by atoms with Gasteiger partial charge in [0.1, 0.15) is 6.26 Å². The van der Waals surface area contributed by atoms with E-state index >= 15 is 0 Å². The van der Waals surface area contributed by atoms with Gasteiger partial charge in [-0.15, -0.1) is 0 Å². The number of primary amides is 1. The molecular weight excluding hydrogens is 172 g/mol. The number of amides is 1. The summed E-state index contributed by atoms with van der Waals surface area (Å²) in [6.07, 6.45) is 1.48. The van der Waals surface area contributed by atoms with E-state index in [2.05, 4.69) is 15.0 Å². The molecule has 1 unspecified atom stereocenters. The molecule has 0 radical (unpaired) electrons. The average Bonchev–Trinajstić information content (AvgIpc) is 2.56. The van der Waals surface area contributed by atoms with E-state index in [1.807, 2.05) is 0 Å². The maximum atomic E-state index is 10.5. The Bertz CT molecular complexity index is 259. The summed E-state index contributed by atoms with van der Waals surface area (Å²) in [4.78, 5) is 10.5. The van der Waals surface area contributed by atoms with Crippen LogP contribution < -0.4 is 16.8 Å².